The molecule has 0 unspecified atom stereocenters. The van der Waals surface area contributed by atoms with E-state index in [1.807, 2.05) is 23.1 Å². The quantitative estimate of drug-likeness (QED) is 0.252. The minimum Gasteiger partial charge on any atom is -0.368 e. The third-order valence-corrected chi connectivity index (χ3v) is 10.7. The van der Waals surface area contributed by atoms with E-state index >= 15 is 0 Å². The summed E-state index contributed by atoms with van der Waals surface area (Å²) in [6.07, 6.45) is 9.05. The van der Waals surface area contributed by atoms with Crippen molar-refractivity contribution in [3.8, 4) is 11.4 Å². The molecule has 10 nitrogen and oxygen atoms in total. The number of likely N-dealkylation sites (tertiary alicyclic amines) is 1. The van der Waals surface area contributed by atoms with Gasteiger partial charge in [-0.2, -0.15) is 5.10 Å². The minimum absolute atomic E-state index is 0.124. The Morgan fingerprint density at radius 2 is 1.86 bits per heavy atom. The topological polar surface area (TPSA) is 109 Å². The van der Waals surface area contributed by atoms with Crippen LogP contribution in [-0.4, -0.2) is 82.3 Å². The lowest BCUT2D eigenvalue weighted by Crippen LogP contribution is -2.57. The molecule has 2 aliphatic heterocycles. The highest BCUT2D eigenvalue weighted by atomic mass is 35.5. The highest BCUT2D eigenvalue weighted by molar-refractivity contribution is 7.90. The minimum atomic E-state index is -3.02. The third-order valence-electron chi connectivity index (χ3n) is 9.35. The zero-order chi connectivity index (χ0) is 31.3. The molecule has 44 heavy (non-hydrogen) atoms. The van der Waals surface area contributed by atoms with Gasteiger partial charge < -0.3 is 15.1 Å². The molecule has 1 N–H and O–H groups in total. The van der Waals surface area contributed by atoms with Crippen LogP contribution in [0.1, 0.15) is 58.1 Å². The van der Waals surface area contributed by atoms with Crippen LogP contribution in [-0.2, 0) is 9.84 Å². The zero-order valence-corrected chi connectivity index (χ0v) is 27.8. The summed E-state index contributed by atoms with van der Waals surface area (Å²) in [7, 11) is -0.873. The Hall–Kier alpha value is -3.28. The van der Waals surface area contributed by atoms with Gasteiger partial charge in [0, 0.05) is 67.0 Å². The highest BCUT2D eigenvalue weighted by Gasteiger charge is 2.38. The molecule has 0 radical (unpaired) electrons. The molecule has 4 aromatic rings. The lowest BCUT2D eigenvalue weighted by Gasteiger charge is -2.48. The maximum absolute atomic E-state index is 11.9. The maximum atomic E-state index is 11.9. The third kappa shape index (κ3) is 6.14. The van der Waals surface area contributed by atoms with E-state index in [1.54, 1.807) is 6.20 Å². The van der Waals surface area contributed by atoms with Crippen LogP contribution in [0.2, 0.25) is 5.15 Å². The Bertz CT molecular complexity index is 1790. The molecule has 234 valence electrons. The van der Waals surface area contributed by atoms with Gasteiger partial charge in [-0.05, 0) is 68.8 Å². The molecule has 1 aromatic carbocycles. The summed E-state index contributed by atoms with van der Waals surface area (Å²) in [6.45, 7) is 10.4. The molecule has 0 amide bonds. The number of likely N-dealkylation sites (N-methyl/N-ethyl adjacent to an activating group) is 1. The van der Waals surface area contributed by atoms with E-state index < -0.39 is 9.84 Å². The van der Waals surface area contributed by atoms with Gasteiger partial charge in [0.05, 0.1) is 17.4 Å². The molecule has 2 saturated heterocycles. The van der Waals surface area contributed by atoms with Gasteiger partial charge in [-0.15, -0.1) is 0 Å². The van der Waals surface area contributed by atoms with Crippen LogP contribution in [0.5, 0.6) is 0 Å². The van der Waals surface area contributed by atoms with E-state index in [2.05, 4.69) is 78.1 Å². The lowest BCUT2D eigenvalue weighted by atomic mass is 9.88. The number of anilines is 3. The van der Waals surface area contributed by atoms with Crippen molar-refractivity contribution in [2.45, 2.75) is 64.6 Å². The first-order chi connectivity index (χ1) is 20.9. The number of sulfone groups is 1. The fourth-order valence-corrected chi connectivity index (χ4v) is 7.91. The molecule has 0 aliphatic carbocycles. The Morgan fingerprint density at radius 3 is 2.57 bits per heavy atom. The van der Waals surface area contributed by atoms with E-state index in [-0.39, 0.29) is 23.8 Å². The fourth-order valence-electron chi connectivity index (χ4n) is 6.52. The average molecular weight is 637 g/mol. The number of hydrogen-bond acceptors (Lipinski definition) is 9. The molecule has 2 aliphatic rings. The van der Waals surface area contributed by atoms with Gasteiger partial charge in [0.25, 0.3) is 0 Å². The number of piperidine rings is 1. The SMILES string of the molecule is CC(C)c1ccc(N2C[C@H](CS(C)(=O)=O)[C@H]2C)c2cnc(Nc3ccnc(-c4cn([C@@H]5CC[C@H](C)N(C)C5)nc4Cl)n3)cc12. The molecule has 0 bridgehead atoms. The molecular weight excluding hydrogens is 596 g/mol. The van der Waals surface area contributed by atoms with Crippen molar-refractivity contribution < 1.29 is 8.42 Å². The first-order valence-electron chi connectivity index (χ1n) is 15.3. The monoisotopic (exact) mass is 636 g/mol. The molecule has 6 rings (SSSR count). The summed E-state index contributed by atoms with van der Waals surface area (Å²) < 4.78 is 25.7. The number of halogens is 1. The Morgan fingerprint density at radius 1 is 1.07 bits per heavy atom. The van der Waals surface area contributed by atoms with Crippen LogP contribution in [0.15, 0.2) is 42.9 Å². The second kappa shape index (κ2) is 11.9. The number of aromatic nitrogens is 5. The second-order valence-electron chi connectivity index (χ2n) is 12.9. The van der Waals surface area contributed by atoms with Gasteiger partial charge in [0.15, 0.2) is 11.0 Å². The summed E-state index contributed by atoms with van der Waals surface area (Å²) >= 11 is 6.60. The normalized spacial score (nSPS) is 22.9. The Labute approximate surface area is 264 Å². The Balaban J connectivity index is 1.26. The maximum Gasteiger partial charge on any atom is 0.166 e. The molecule has 5 heterocycles. The summed E-state index contributed by atoms with van der Waals surface area (Å²) in [5, 5.41) is 10.5. The number of pyridine rings is 1. The summed E-state index contributed by atoms with van der Waals surface area (Å²) in [5.74, 6) is 2.44. The number of nitrogens with zero attached hydrogens (tertiary/aromatic N) is 7. The van der Waals surface area contributed by atoms with Crippen LogP contribution in [0, 0.1) is 5.92 Å². The van der Waals surface area contributed by atoms with Crippen LogP contribution in [0.25, 0.3) is 22.2 Å². The molecule has 0 saturated carbocycles. The largest absolute Gasteiger partial charge is 0.368 e. The van der Waals surface area contributed by atoms with Crippen molar-refractivity contribution in [3.63, 3.8) is 0 Å². The van der Waals surface area contributed by atoms with Crippen LogP contribution >= 0.6 is 11.6 Å². The van der Waals surface area contributed by atoms with Gasteiger partial charge in [-0.3, -0.25) is 4.68 Å². The van der Waals surface area contributed by atoms with Gasteiger partial charge in [0.2, 0.25) is 0 Å². The van der Waals surface area contributed by atoms with Crippen molar-refractivity contribution >= 4 is 49.5 Å². The van der Waals surface area contributed by atoms with Gasteiger partial charge in [0.1, 0.15) is 21.5 Å². The van der Waals surface area contributed by atoms with E-state index in [0.717, 1.165) is 35.8 Å². The molecule has 3 aromatic heterocycles. The number of rotatable bonds is 8. The second-order valence-corrected chi connectivity index (χ2v) is 15.5. The van der Waals surface area contributed by atoms with Crippen molar-refractivity contribution in [2.24, 2.45) is 5.92 Å². The number of fused-ring (bicyclic) bond motifs is 1. The fraction of sp³-hybridized carbons (Fsp3) is 0.500. The lowest BCUT2D eigenvalue weighted by molar-refractivity contribution is 0.146. The van der Waals surface area contributed by atoms with Gasteiger partial charge in [-0.25, -0.2) is 23.4 Å². The van der Waals surface area contributed by atoms with Crippen molar-refractivity contribution in [1.82, 2.24) is 29.6 Å². The molecule has 4 atom stereocenters. The van der Waals surface area contributed by atoms with Crippen LogP contribution < -0.4 is 10.2 Å². The highest BCUT2D eigenvalue weighted by Crippen LogP contribution is 2.40. The predicted octanol–water partition coefficient (Wildman–Crippen LogP) is 5.93. The van der Waals surface area contributed by atoms with Gasteiger partial charge in [-0.1, -0.05) is 31.5 Å². The molecular formula is C32H41ClN8O2S. The number of hydrogen-bond donors (Lipinski definition) is 1. The summed E-state index contributed by atoms with van der Waals surface area (Å²) in [6, 6.07) is 9.16. The molecule has 0 spiro atoms. The molecule has 2 fully saturated rings. The van der Waals surface area contributed by atoms with E-state index in [0.29, 0.717) is 46.7 Å². The number of benzene rings is 1. The summed E-state index contributed by atoms with van der Waals surface area (Å²) in [5.41, 5.74) is 3.00. The van der Waals surface area contributed by atoms with E-state index in [1.165, 1.54) is 11.8 Å². The first-order valence-corrected chi connectivity index (χ1v) is 17.7. The van der Waals surface area contributed by atoms with Crippen LogP contribution in [0.3, 0.4) is 0 Å². The van der Waals surface area contributed by atoms with Gasteiger partial charge >= 0.3 is 0 Å². The van der Waals surface area contributed by atoms with Crippen molar-refractivity contribution in [1.29, 1.82) is 0 Å². The molecule has 12 heteroatoms. The predicted molar refractivity (Wildman–Crippen MR) is 178 cm³/mol. The van der Waals surface area contributed by atoms with Crippen molar-refractivity contribution in [3.05, 3.63) is 53.6 Å². The van der Waals surface area contributed by atoms with Crippen LogP contribution in [0.4, 0.5) is 17.3 Å². The zero-order valence-electron chi connectivity index (χ0n) is 26.2. The average Bonchev–Trinajstić information content (AvgIpc) is 3.37. The number of nitrogens with one attached hydrogen (secondary N) is 1. The first kappa shape index (κ1) is 30.7. The van der Waals surface area contributed by atoms with E-state index in [9.17, 15) is 8.42 Å². The van der Waals surface area contributed by atoms with E-state index in [4.69, 9.17) is 21.6 Å². The summed E-state index contributed by atoms with van der Waals surface area (Å²) in [4.78, 5) is 18.7. The Kier molecular flexibility index (Phi) is 8.32. The van der Waals surface area contributed by atoms with Crippen molar-refractivity contribution in [2.75, 3.05) is 42.4 Å². The smallest absolute Gasteiger partial charge is 0.166 e. The standard InChI is InChI=1S/C32H41ClN8O2S/c1-19(2)24-9-10-28(40-15-22(21(40)4)18-44(6,42)43)26-14-35-30(13-25(24)26)36-29-11-12-34-32(37-29)27-17-41(38-31(27)33)23-8-7-20(3)39(5)16-23/h9-14,17,19-23H,7-8,15-16,18H2,1-6H3,(H,34,35,36,37)/t20-,21+,22+,23+/m0/s1.